The van der Waals surface area contributed by atoms with E-state index in [2.05, 4.69) is 6.58 Å². The van der Waals surface area contributed by atoms with E-state index in [0.29, 0.717) is 25.1 Å². The summed E-state index contributed by atoms with van der Waals surface area (Å²) >= 11 is 0. The summed E-state index contributed by atoms with van der Waals surface area (Å²) in [5.41, 5.74) is -0.340. The number of fused-ring (bicyclic) bond motifs is 2. The first-order chi connectivity index (χ1) is 17.0. The van der Waals surface area contributed by atoms with Gasteiger partial charge in [-0.15, -0.1) is 6.58 Å². The maximum atomic E-state index is 13.7. The minimum absolute atomic E-state index is 0.00123. The van der Waals surface area contributed by atoms with Gasteiger partial charge in [-0.2, -0.15) is 4.31 Å². The summed E-state index contributed by atoms with van der Waals surface area (Å²) < 4.78 is 34.3. The maximum absolute atomic E-state index is 13.7. The molecule has 1 aromatic carbocycles. The summed E-state index contributed by atoms with van der Waals surface area (Å²) in [6, 6.07) is 13.2. The van der Waals surface area contributed by atoms with Crippen molar-refractivity contribution < 1.29 is 22.4 Å². The first-order valence-corrected chi connectivity index (χ1v) is 14.1. The SMILES string of the molecule is C=CCN(CC(=O)N(Cc1ccccc1)Cc1ccc(C)o1)S(=O)(=O)CC12CCC(CC1=O)C2(C)C. The fourth-order valence-electron chi connectivity index (χ4n) is 5.98. The minimum atomic E-state index is -3.92. The number of ketones is 1. The summed E-state index contributed by atoms with van der Waals surface area (Å²) in [7, 11) is -3.92. The maximum Gasteiger partial charge on any atom is 0.238 e. The molecule has 0 saturated heterocycles. The average Bonchev–Trinajstić information content (AvgIpc) is 3.39. The van der Waals surface area contributed by atoms with Gasteiger partial charge in [-0.3, -0.25) is 9.59 Å². The number of Topliss-reactive ketones (excluding diaryl/α,β-unsaturated/α-hetero) is 1. The van der Waals surface area contributed by atoms with Crippen LogP contribution in [0.5, 0.6) is 0 Å². The van der Waals surface area contributed by atoms with Crippen LogP contribution in [0.2, 0.25) is 0 Å². The Morgan fingerprint density at radius 2 is 1.89 bits per heavy atom. The molecule has 0 spiro atoms. The van der Waals surface area contributed by atoms with Crippen molar-refractivity contribution >= 4 is 21.7 Å². The van der Waals surface area contributed by atoms with E-state index in [-0.39, 0.29) is 48.4 Å². The molecule has 2 saturated carbocycles. The number of sulfonamides is 1. The van der Waals surface area contributed by atoms with E-state index in [1.165, 1.54) is 10.4 Å². The number of carbonyl (C=O) groups is 2. The number of furan rings is 1. The molecule has 4 rings (SSSR count). The van der Waals surface area contributed by atoms with Gasteiger partial charge in [-0.25, -0.2) is 8.42 Å². The summed E-state index contributed by atoms with van der Waals surface area (Å²) in [6.45, 7) is 9.80. The quantitative estimate of drug-likeness (QED) is 0.418. The van der Waals surface area contributed by atoms with Crippen LogP contribution in [-0.2, 0) is 32.7 Å². The Morgan fingerprint density at radius 3 is 2.44 bits per heavy atom. The second-order valence-electron chi connectivity index (χ2n) is 10.8. The largest absolute Gasteiger partial charge is 0.464 e. The van der Waals surface area contributed by atoms with E-state index in [1.807, 2.05) is 63.2 Å². The molecule has 2 aliphatic carbocycles. The summed E-state index contributed by atoms with van der Waals surface area (Å²) in [6.07, 6.45) is 3.37. The number of nitrogens with zero attached hydrogens (tertiary/aromatic N) is 2. The van der Waals surface area contributed by atoms with Gasteiger partial charge in [-0.1, -0.05) is 50.3 Å². The Morgan fingerprint density at radius 1 is 1.17 bits per heavy atom. The number of hydrogen-bond donors (Lipinski definition) is 0. The van der Waals surface area contributed by atoms with E-state index < -0.39 is 15.4 Å². The van der Waals surface area contributed by atoms with Gasteiger partial charge in [0, 0.05) is 24.9 Å². The highest BCUT2D eigenvalue weighted by molar-refractivity contribution is 7.89. The van der Waals surface area contributed by atoms with Crippen molar-refractivity contribution in [3.63, 3.8) is 0 Å². The van der Waals surface area contributed by atoms with Gasteiger partial charge in [0.05, 0.1) is 18.8 Å². The smallest absolute Gasteiger partial charge is 0.238 e. The number of carbonyl (C=O) groups excluding carboxylic acids is 2. The fraction of sp³-hybridized carbons (Fsp3) is 0.500. The van der Waals surface area contributed by atoms with Crippen molar-refractivity contribution in [2.45, 2.75) is 53.1 Å². The third kappa shape index (κ3) is 4.93. The van der Waals surface area contributed by atoms with Crippen molar-refractivity contribution in [2.24, 2.45) is 16.7 Å². The van der Waals surface area contributed by atoms with Crippen LogP contribution in [0.25, 0.3) is 0 Å². The molecule has 194 valence electrons. The third-order valence-electron chi connectivity index (χ3n) is 8.32. The molecule has 0 radical (unpaired) electrons. The van der Waals surface area contributed by atoms with Crippen molar-refractivity contribution in [1.29, 1.82) is 0 Å². The molecule has 1 aromatic heterocycles. The van der Waals surface area contributed by atoms with Crippen LogP contribution in [0, 0.1) is 23.7 Å². The highest BCUT2D eigenvalue weighted by Crippen LogP contribution is 2.64. The third-order valence-corrected chi connectivity index (χ3v) is 10.2. The van der Waals surface area contributed by atoms with Gasteiger partial charge in [-0.05, 0) is 48.8 Å². The van der Waals surface area contributed by atoms with E-state index in [4.69, 9.17) is 4.42 Å². The second-order valence-corrected chi connectivity index (χ2v) is 12.7. The number of hydrogen-bond acceptors (Lipinski definition) is 5. The van der Waals surface area contributed by atoms with Crippen LogP contribution in [0.15, 0.2) is 59.5 Å². The predicted octanol–water partition coefficient (Wildman–Crippen LogP) is 4.33. The van der Waals surface area contributed by atoms with Crippen LogP contribution in [0.1, 0.15) is 50.2 Å². The lowest BCUT2D eigenvalue weighted by atomic mass is 9.70. The number of rotatable bonds is 11. The molecular weight excluding hydrogens is 476 g/mol. The molecule has 8 heteroatoms. The summed E-state index contributed by atoms with van der Waals surface area (Å²) in [4.78, 5) is 28.1. The van der Waals surface area contributed by atoms with Crippen molar-refractivity contribution in [2.75, 3.05) is 18.8 Å². The average molecular weight is 513 g/mol. The molecule has 2 unspecified atom stereocenters. The van der Waals surface area contributed by atoms with Crippen LogP contribution in [0.3, 0.4) is 0 Å². The fourth-order valence-corrected chi connectivity index (χ4v) is 8.10. The molecule has 1 heterocycles. The van der Waals surface area contributed by atoms with Gasteiger partial charge in [0.25, 0.3) is 0 Å². The van der Waals surface area contributed by atoms with Gasteiger partial charge < -0.3 is 9.32 Å². The number of amides is 1. The molecular formula is C28H36N2O5S. The molecule has 2 fully saturated rings. The Labute approximate surface area is 214 Å². The summed E-state index contributed by atoms with van der Waals surface area (Å²) in [5.74, 6) is 1.02. The standard InChI is InChI=1S/C28H36N2O5S/c1-5-15-30(36(33,34)20-28-14-13-23(16-25(28)31)27(28,3)4)19-26(32)29(17-22-9-7-6-8-10-22)18-24-12-11-21(2)35-24/h5-12,23H,1,13-20H2,2-4H3. The van der Waals surface area contributed by atoms with Crippen LogP contribution < -0.4 is 0 Å². The van der Waals surface area contributed by atoms with E-state index >= 15 is 0 Å². The van der Waals surface area contributed by atoms with Gasteiger partial charge >= 0.3 is 0 Å². The molecule has 7 nitrogen and oxygen atoms in total. The Kier molecular flexibility index (Phi) is 7.30. The Bertz CT molecular complexity index is 1230. The lowest BCUT2D eigenvalue weighted by Crippen LogP contribution is -2.49. The molecule has 2 bridgehead atoms. The van der Waals surface area contributed by atoms with Crippen molar-refractivity contribution in [3.05, 3.63) is 72.2 Å². The zero-order chi connectivity index (χ0) is 26.1. The molecule has 0 aliphatic heterocycles. The number of benzene rings is 1. The van der Waals surface area contributed by atoms with Crippen LogP contribution >= 0.6 is 0 Å². The molecule has 1 amide bonds. The lowest BCUT2D eigenvalue weighted by molar-refractivity contribution is -0.132. The zero-order valence-corrected chi connectivity index (χ0v) is 22.2. The zero-order valence-electron chi connectivity index (χ0n) is 21.4. The van der Waals surface area contributed by atoms with E-state index in [0.717, 1.165) is 17.7 Å². The minimum Gasteiger partial charge on any atom is -0.464 e. The first-order valence-electron chi connectivity index (χ1n) is 12.5. The molecule has 36 heavy (non-hydrogen) atoms. The second kappa shape index (κ2) is 9.98. The van der Waals surface area contributed by atoms with Crippen LogP contribution in [-0.4, -0.2) is 48.2 Å². The summed E-state index contributed by atoms with van der Waals surface area (Å²) in [5, 5.41) is 0. The van der Waals surface area contributed by atoms with E-state index in [9.17, 15) is 18.0 Å². The monoisotopic (exact) mass is 512 g/mol. The van der Waals surface area contributed by atoms with Gasteiger partial charge in [0.15, 0.2) is 0 Å². The Hall–Kier alpha value is -2.71. The lowest BCUT2D eigenvalue weighted by Gasteiger charge is -2.37. The van der Waals surface area contributed by atoms with Crippen molar-refractivity contribution in [3.8, 4) is 0 Å². The molecule has 0 N–H and O–H groups in total. The van der Waals surface area contributed by atoms with E-state index in [1.54, 1.807) is 4.90 Å². The number of aryl methyl sites for hydroxylation is 1. The normalized spacial score (nSPS) is 22.8. The topological polar surface area (TPSA) is 87.9 Å². The highest BCUT2D eigenvalue weighted by atomic mass is 32.2. The van der Waals surface area contributed by atoms with Crippen molar-refractivity contribution in [1.82, 2.24) is 9.21 Å². The molecule has 2 aliphatic rings. The highest BCUT2D eigenvalue weighted by Gasteiger charge is 2.65. The molecule has 2 aromatic rings. The first kappa shape index (κ1) is 26.4. The Balaban J connectivity index is 1.56. The predicted molar refractivity (Wildman–Crippen MR) is 138 cm³/mol. The molecule has 2 atom stereocenters. The van der Waals surface area contributed by atoms with Crippen LogP contribution in [0.4, 0.5) is 0 Å². The van der Waals surface area contributed by atoms with Gasteiger partial charge in [0.1, 0.15) is 17.3 Å². The van der Waals surface area contributed by atoms with Gasteiger partial charge in [0.2, 0.25) is 15.9 Å².